The molecule has 0 spiro atoms. The molecule has 0 radical (unpaired) electrons. The van der Waals surface area contributed by atoms with Crippen LogP contribution in [0.3, 0.4) is 0 Å². The van der Waals surface area contributed by atoms with Crippen molar-refractivity contribution in [1.82, 2.24) is 15.3 Å². The van der Waals surface area contributed by atoms with Crippen molar-refractivity contribution in [3.63, 3.8) is 0 Å². The number of aromatic nitrogens is 2. The summed E-state index contributed by atoms with van der Waals surface area (Å²) in [4.78, 5) is 21.6. The number of carbonyl (C=O) groups is 1. The van der Waals surface area contributed by atoms with Crippen molar-refractivity contribution in [2.75, 3.05) is 5.75 Å². The number of rotatable bonds is 4. The third-order valence-electron chi connectivity index (χ3n) is 4.02. The van der Waals surface area contributed by atoms with Gasteiger partial charge in [0.2, 0.25) is 5.91 Å². The Morgan fingerprint density at radius 3 is 3.14 bits per heavy atom. The van der Waals surface area contributed by atoms with Gasteiger partial charge in [-0.25, -0.2) is 9.97 Å². The molecule has 0 bridgehead atoms. The second-order valence-corrected chi connectivity index (χ2v) is 7.40. The smallest absolute Gasteiger partial charge is 0.230 e. The van der Waals surface area contributed by atoms with E-state index in [1.807, 2.05) is 11.4 Å². The minimum Gasteiger partial charge on any atom is -0.352 e. The zero-order valence-electron chi connectivity index (χ0n) is 12.0. The fourth-order valence-electron chi connectivity index (χ4n) is 2.80. The molecule has 0 saturated heterocycles. The van der Waals surface area contributed by atoms with Gasteiger partial charge in [0.05, 0.1) is 5.75 Å². The quantitative estimate of drug-likeness (QED) is 0.692. The Morgan fingerprint density at radius 2 is 2.29 bits per heavy atom. The largest absolute Gasteiger partial charge is 0.352 e. The summed E-state index contributed by atoms with van der Waals surface area (Å²) in [5, 5.41) is 7.13. The van der Waals surface area contributed by atoms with Crippen LogP contribution in [0.2, 0.25) is 0 Å². The monoisotopic (exact) mass is 321 g/mol. The lowest BCUT2D eigenvalue weighted by atomic mass is 9.86. The average molecular weight is 321 g/mol. The van der Waals surface area contributed by atoms with E-state index < -0.39 is 0 Å². The first-order valence-corrected chi connectivity index (χ1v) is 9.21. The molecule has 2 aromatic heterocycles. The van der Waals surface area contributed by atoms with Gasteiger partial charge < -0.3 is 5.32 Å². The van der Waals surface area contributed by atoms with Crippen LogP contribution in [-0.4, -0.2) is 27.7 Å². The van der Waals surface area contributed by atoms with E-state index in [0.717, 1.165) is 21.7 Å². The first kappa shape index (κ1) is 14.8. The van der Waals surface area contributed by atoms with Gasteiger partial charge in [0.25, 0.3) is 0 Å². The highest BCUT2D eigenvalue weighted by Gasteiger charge is 2.22. The van der Waals surface area contributed by atoms with Crippen LogP contribution in [-0.2, 0) is 4.79 Å². The van der Waals surface area contributed by atoms with Crippen LogP contribution in [0.4, 0.5) is 0 Å². The molecule has 0 aromatic carbocycles. The number of fused-ring (bicyclic) bond motifs is 1. The molecule has 2 atom stereocenters. The number of hydrogen-bond donors (Lipinski definition) is 1. The highest BCUT2D eigenvalue weighted by Crippen LogP contribution is 2.28. The Balaban J connectivity index is 1.57. The lowest BCUT2D eigenvalue weighted by Crippen LogP contribution is -2.41. The van der Waals surface area contributed by atoms with Crippen LogP contribution in [0.5, 0.6) is 0 Å². The number of nitrogens with one attached hydrogen (secondary N) is 1. The number of carbonyl (C=O) groups excluding carboxylic acids is 1. The molecule has 1 saturated carbocycles. The van der Waals surface area contributed by atoms with Crippen molar-refractivity contribution >= 4 is 39.2 Å². The van der Waals surface area contributed by atoms with Crippen molar-refractivity contribution in [2.24, 2.45) is 5.92 Å². The molecule has 1 N–H and O–H groups in total. The van der Waals surface area contributed by atoms with Crippen LogP contribution in [0, 0.1) is 5.92 Å². The maximum atomic E-state index is 12.1. The van der Waals surface area contributed by atoms with E-state index in [1.54, 1.807) is 17.7 Å². The number of nitrogens with zero attached hydrogens (tertiary/aromatic N) is 2. The molecule has 2 aromatic rings. The molecule has 1 fully saturated rings. The Morgan fingerprint density at radius 1 is 1.43 bits per heavy atom. The van der Waals surface area contributed by atoms with Crippen LogP contribution in [0.1, 0.15) is 32.6 Å². The molecular weight excluding hydrogens is 302 g/mol. The molecule has 112 valence electrons. The second kappa shape index (κ2) is 6.75. The zero-order chi connectivity index (χ0) is 14.7. The molecule has 1 aliphatic carbocycles. The van der Waals surface area contributed by atoms with E-state index in [1.165, 1.54) is 31.0 Å². The Hall–Kier alpha value is -1.14. The van der Waals surface area contributed by atoms with Crippen LogP contribution in [0.25, 0.3) is 10.2 Å². The molecule has 4 nitrogen and oxygen atoms in total. The summed E-state index contributed by atoms with van der Waals surface area (Å²) in [5.41, 5.74) is 0. The summed E-state index contributed by atoms with van der Waals surface area (Å²) >= 11 is 3.10. The summed E-state index contributed by atoms with van der Waals surface area (Å²) in [6, 6.07) is 2.36. The summed E-state index contributed by atoms with van der Waals surface area (Å²) in [7, 11) is 0. The van der Waals surface area contributed by atoms with E-state index in [4.69, 9.17) is 0 Å². The SMILES string of the molecule is C[C@H]1CCCC[C@@H]1NC(=O)CSc1ncnc2sccc12. The first-order chi connectivity index (χ1) is 10.2. The molecule has 0 aliphatic heterocycles. The van der Waals surface area contributed by atoms with Gasteiger partial charge in [0, 0.05) is 11.4 Å². The number of hydrogen-bond acceptors (Lipinski definition) is 5. The Bertz CT molecular complexity index is 628. The fraction of sp³-hybridized carbons (Fsp3) is 0.533. The molecule has 21 heavy (non-hydrogen) atoms. The lowest BCUT2D eigenvalue weighted by molar-refractivity contribution is -0.119. The Labute approximate surface area is 132 Å². The molecule has 2 heterocycles. The number of amides is 1. The fourth-order valence-corrected chi connectivity index (χ4v) is 4.39. The molecular formula is C15H19N3OS2. The van der Waals surface area contributed by atoms with E-state index in [0.29, 0.717) is 17.7 Å². The van der Waals surface area contributed by atoms with Crippen LogP contribution < -0.4 is 5.32 Å². The topological polar surface area (TPSA) is 54.9 Å². The molecule has 1 amide bonds. The lowest BCUT2D eigenvalue weighted by Gasteiger charge is -2.29. The average Bonchev–Trinajstić information content (AvgIpc) is 2.96. The highest BCUT2D eigenvalue weighted by molar-refractivity contribution is 8.00. The van der Waals surface area contributed by atoms with Gasteiger partial charge in [-0.15, -0.1) is 11.3 Å². The minimum absolute atomic E-state index is 0.112. The predicted octanol–water partition coefficient (Wildman–Crippen LogP) is 3.48. The van der Waals surface area contributed by atoms with Gasteiger partial charge in [-0.1, -0.05) is 31.5 Å². The van der Waals surface area contributed by atoms with Gasteiger partial charge in [-0.3, -0.25) is 4.79 Å². The van der Waals surface area contributed by atoms with Crippen molar-refractivity contribution in [3.05, 3.63) is 17.8 Å². The van der Waals surface area contributed by atoms with Gasteiger partial charge >= 0.3 is 0 Å². The number of thioether (sulfide) groups is 1. The van der Waals surface area contributed by atoms with E-state index in [2.05, 4.69) is 22.2 Å². The van der Waals surface area contributed by atoms with E-state index in [9.17, 15) is 4.79 Å². The van der Waals surface area contributed by atoms with Gasteiger partial charge in [-0.2, -0.15) is 0 Å². The van der Waals surface area contributed by atoms with Gasteiger partial charge in [0.1, 0.15) is 16.2 Å². The molecule has 0 unspecified atom stereocenters. The van der Waals surface area contributed by atoms with Crippen molar-refractivity contribution in [1.29, 1.82) is 0 Å². The van der Waals surface area contributed by atoms with Crippen molar-refractivity contribution < 1.29 is 4.79 Å². The van der Waals surface area contributed by atoms with E-state index >= 15 is 0 Å². The van der Waals surface area contributed by atoms with Crippen molar-refractivity contribution in [3.8, 4) is 0 Å². The summed E-state index contributed by atoms with van der Waals surface area (Å²) in [6.45, 7) is 2.23. The second-order valence-electron chi connectivity index (χ2n) is 5.54. The predicted molar refractivity (Wildman–Crippen MR) is 87.7 cm³/mol. The van der Waals surface area contributed by atoms with E-state index in [-0.39, 0.29) is 5.91 Å². The highest BCUT2D eigenvalue weighted by atomic mass is 32.2. The standard InChI is InChI=1S/C15H19N3OS2/c1-10-4-2-3-5-12(10)18-13(19)8-21-15-11-6-7-20-14(11)16-9-17-15/h6-7,9-10,12H,2-5,8H2,1H3,(H,18,19)/t10-,12-/m0/s1. The number of thiophene rings is 1. The molecule has 3 rings (SSSR count). The van der Waals surface area contributed by atoms with Gasteiger partial charge in [-0.05, 0) is 30.2 Å². The summed E-state index contributed by atoms with van der Waals surface area (Å²) in [6.07, 6.45) is 6.42. The molecule has 6 heteroatoms. The first-order valence-electron chi connectivity index (χ1n) is 7.34. The minimum atomic E-state index is 0.112. The third kappa shape index (κ3) is 3.55. The maximum Gasteiger partial charge on any atom is 0.230 e. The maximum absolute atomic E-state index is 12.1. The summed E-state index contributed by atoms with van der Waals surface area (Å²) in [5.74, 6) is 1.13. The van der Waals surface area contributed by atoms with Gasteiger partial charge in [0.15, 0.2) is 0 Å². The Kier molecular flexibility index (Phi) is 4.75. The summed E-state index contributed by atoms with van der Waals surface area (Å²) < 4.78 is 0. The zero-order valence-corrected chi connectivity index (χ0v) is 13.7. The van der Waals surface area contributed by atoms with Crippen molar-refractivity contribution in [2.45, 2.75) is 43.7 Å². The molecule has 1 aliphatic rings. The van der Waals surface area contributed by atoms with Crippen LogP contribution in [0.15, 0.2) is 22.8 Å². The third-order valence-corrected chi connectivity index (χ3v) is 5.85. The van der Waals surface area contributed by atoms with Crippen LogP contribution >= 0.6 is 23.1 Å². The normalized spacial score (nSPS) is 22.3.